The van der Waals surface area contributed by atoms with Gasteiger partial charge in [-0.25, -0.2) is 4.39 Å². The maximum Gasteiger partial charge on any atom is 0.269 e. The molecule has 0 atom stereocenters. The van der Waals surface area contributed by atoms with Crippen LogP contribution in [0, 0.1) is 15.9 Å². The summed E-state index contributed by atoms with van der Waals surface area (Å²) >= 11 is 1.46. The first-order valence-electron chi connectivity index (χ1n) is 8.26. The van der Waals surface area contributed by atoms with Crippen molar-refractivity contribution < 1.29 is 14.1 Å². The van der Waals surface area contributed by atoms with Gasteiger partial charge in [-0.15, -0.1) is 0 Å². The van der Waals surface area contributed by atoms with Crippen molar-refractivity contribution in [2.24, 2.45) is 0 Å². The molecule has 0 aromatic heterocycles. The lowest BCUT2D eigenvalue weighted by molar-refractivity contribution is -0.384. The standard InChI is InChI=1S/C21H15FN2O3S/c22-16-4-1-15(2-5-16)3-14-21(25)23-17-6-10-19(11-7-17)28-20-12-8-18(9-13-20)24(26)27/h1-14H,(H,23,25)/b14-3+. The van der Waals surface area contributed by atoms with Gasteiger partial charge in [0.15, 0.2) is 0 Å². The van der Waals surface area contributed by atoms with Gasteiger partial charge >= 0.3 is 0 Å². The molecule has 140 valence electrons. The second-order valence-electron chi connectivity index (χ2n) is 5.75. The van der Waals surface area contributed by atoms with E-state index in [0.29, 0.717) is 5.69 Å². The van der Waals surface area contributed by atoms with Gasteiger partial charge in [0.2, 0.25) is 5.91 Å². The lowest BCUT2D eigenvalue weighted by Crippen LogP contribution is -2.07. The van der Waals surface area contributed by atoms with Crippen LogP contribution < -0.4 is 5.32 Å². The number of non-ortho nitro benzene ring substituents is 1. The van der Waals surface area contributed by atoms with Crippen LogP contribution in [0.15, 0.2) is 88.7 Å². The van der Waals surface area contributed by atoms with Gasteiger partial charge in [0.05, 0.1) is 4.92 Å². The molecule has 1 amide bonds. The summed E-state index contributed by atoms with van der Waals surface area (Å²) in [5, 5.41) is 13.4. The van der Waals surface area contributed by atoms with Crippen molar-refractivity contribution in [1.29, 1.82) is 0 Å². The maximum absolute atomic E-state index is 12.9. The first-order chi connectivity index (χ1) is 13.5. The summed E-state index contributed by atoms with van der Waals surface area (Å²) < 4.78 is 12.9. The van der Waals surface area contributed by atoms with Gasteiger partial charge in [0, 0.05) is 33.7 Å². The van der Waals surface area contributed by atoms with E-state index in [9.17, 15) is 19.3 Å². The van der Waals surface area contributed by atoms with E-state index in [1.54, 1.807) is 42.5 Å². The summed E-state index contributed by atoms with van der Waals surface area (Å²) in [7, 11) is 0. The highest BCUT2D eigenvalue weighted by molar-refractivity contribution is 7.99. The van der Waals surface area contributed by atoms with E-state index in [-0.39, 0.29) is 17.4 Å². The third-order valence-corrected chi connectivity index (χ3v) is 4.72. The van der Waals surface area contributed by atoms with Crippen molar-refractivity contribution in [3.05, 3.63) is 100 Å². The van der Waals surface area contributed by atoms with Gasteiger partial charge < -0.3 is 5.32 Å². The Morgan fingerprint density at radius 2 is 1.50 bits per heavy atom. The molecule has 1 N–H and O–H groups in total. The minimum atomic E-state index is -0.434. The number of carbonyl (C=O) groups excluding carboxylic acids is 1. The average molecular weight is 394 g/mol. The van der Waals surface area contributed by atoms with E-state index in [1.807, 2.05) is 12.1 Å². The summed E-state index contributed by atoms with van der Waals surface area (Å²) in [6.07, 6.45) is 2.99. The van der Waals surface area contributed by atoms with Gasteiger partial charge in [-0.1, -0.05) is 23.9 Å². The zero-order chi connectivity index (χ0) is 19.9. The molecule has 0 fully saturated rings. The fourth-order valence-electron chi connectivity index (χ4n) is 2.31. The molecular formula is C21H15FN2O3S. The smallest absolute Gasteiger partial charge is 0.269 e. The van der Waals surface area contributed by atoms with Crippen LogP contribution in [0.3, 0.4) is 0 Å². The molecular weight excluding hydrogens is 379 g/mol. The predicted octanol–water partition coefficient (Wildman–Crippen LogP) is 5.54. The molecule has 0 aliphatic heterocycles. The van der Waals surface area contributed by atoms with E-state index in [0.717, 1.165) is 15.4 Å². The van der Waals surface area contributed by atoms with Gasteiger partial charge in [0.25, 0.3) is 5.69 Å². The van der Waals surface area contributed by atoms with Crippen LogP contribution >= 0.6 is 11.8 Å². The number of nitrogens with zero attached hydrogens (tertiary/aromatic N) is 1. The molecule has 0 heterocycles. The highest BCUT2D eigenvalue weighted by Crippen LogP contribution is 2.29. The van der Waals surface area contributed by atoms with Gasteiger partial charge in [-0.05, 0) is 60.2 Å². The molecule has 3 rings (SSSR count). The van der Waals surface area contributed by atoms with E-state index in [1.165, 1.54) is 42.1 Å². The molecule has 3 aromatic carbocycles. The molecule has 0 aliphatic carbocycles. The summed E-state index contributed by atoms with van der Waals surface area (Å²) in [6, 6.07) is 19.4. The lowest BCUT2D eigenvalue weighted by atomic mass is 10.2. The summed E-state index contributed by atoms with van der Waals surface area (Å²) in [5.74, 6) is -0.617. The number of carbonyl (C=O) groups is 1. The zero-order valence-electron chi connectivity index (χ0n) is 14.5. The van der Waals surface area contributed by atoms with Crippen LogP contribution in [-0.4, -0.2) is 10.8 Å². The number of benzene rings is 3. The normalized spacial score (nSPS) is 10.8. The molecule has 0 spiro atoms. The number of amides is 1. The Hall–Kier alpha value is -3.45. The number of halogens is 1. The van der Waals surface area contributed by atoms with Crippen LogP contribution in [0.4, 0.5) is 15.8 Å². The number of hydrogen-bond acceptors (Lipinski definition) is 4. The summed E-state index contributed by atoms with van der Waals surface area (Å²) in [6.45, 7) is 0. The maximum atomic E-state index is 12.9. The van der Waals surface area contributed by atoms with Crippen molar-refractivity contribution >= 4 is 35.1 Å². The van der Waals surface area contributed by atoms with Gasteiger partial charge in [-0.3, -0.25) is 14.9 Å². The Morgan fingerprint density at radius 1 is 0.929 bits per heavy atom. The summed E-state index contributed by atoms with van der Waals surface area (Å²) in [5.41, 5.74) is 1.42. The monoisotopic (exact) mass is 394 g/mol. The van der Waals surface area contributed by atoms with Crippen molar-refractivity contribution in [2.45, 2.75) is 9.79 Å². The quantitative estimate of drug-likeness (QED) is 0.339. The molecule has 28 heavy (non-hydrogen) atoms. The highest BCUT2D eigenvalue weighted by atomic mass is 32.2. The van der Waals surface area contributed by atoms with Crippen LogP contribution in [0.1, 0.15) is 5.56 Å². The minimum absolute atomic E-state index is 0.0519. The van der Waals surface area contributed by atoms with Crippen molar-refractivity contribution in [2.75, 3.05) is 5.32 Å². The second kappa shape index (κ2) is 8.96. The van der Waals surface area contributed by atoms with Crippen LogP contribution in [0.2, 0.25) is 0 Å². The third kappa shape index (κ3) is 5.52. The number of nitro benzene ring substituents is 1. The minimum Gasteiger partial charge on any atom is -0.323 e. The Kier molecular flexibility index (Phi) is 6.18. The molecule has 5 nitrogen and oxygen atoms in total. The molecule has 0 aliphatic rings. The highest BCUT2D eigenvalue weighted by Gasteiger charge is 2.05. The average Bonchev–Trinajstić information content (AvgIpc) is 2.69. The third-order valence-electron chi connectivity index (χ3n) is 3.70. The fourth-order valence-corrected chi connectivity index (χ4v) is 3.12. The lowest BCUT2D eigenvalue weighted by Gasteiger charge is -2.05. The van der Waals surface area contributed by atoms with Crippen LogP contribution in [0.25, 0.3) is 6.08 Å². The van der Waals surface area contributed by atoms with Gasteiger partial charge in [0.1, 0.15) is 5.82 Å². The van der Waals surface area contributed by atoms with Gasteiger partial charge in [-0.2, -0.15) is 0 Å². The molecule has 0 unspecified atom stereocenters. The van der Waals surface area contributed by atoms with Crippen molar-refractivity contribution in [1.82, 2.24) is 0 Å². The van der Waals surface area contributed by atoms with E-state index < -0.39 is 4.92 Å². The topological polar surface area (TPSA) is 72.2 Å². The molecule has 7 heteroatoms. The number of rotatable bonds is 6. The van der Waals surface area contributed by atoms with E-state index in [4.69, 9.17) is 0 Å². The molecule has 3 aromatic rings. The molecule has 0 saturated carbocycles. The number of nitrogens with one attached hydrogen (secondary N) is 1. The van der Waals surface area contributed by atoms with E-state index >= 15 is 0 Å². The Morgan fingerprint density at radius 3 is 2.07 bits per heavy atom. The largest absolute Gasteiger partial charge is 0.323 e. The second-order valence-corrected chi connectivity index (χ2v) is 6.90. The number of anilines is 1. The Bertz CT molecular complexity index is 1000. The number of hydrogen-bond donors (Lipinski definition) is 1. The summed E-state index contributed by atoms with van der Waals surface area (Å²) in [4.78, 5) is 24.0. The first kappa shape index (κ1) is 19.3. The Balaban J connectivity index is 1.57. The van der Waals surface area contributed by atoms with Crippen LogP contribution in [0.5, 0.6) is 0 Å². The fraction of sp³-hybridized carbons (Fsp3) is 0. The molecule has 0 radical (unpaired) electrons. The predicted molar refractivity (Wildman–Crippen MR) is 108 cm³/mol. The zero-order valence-corrected chi connectivity index (χ0v) is 15.4. The number of nitro groups is 1. The molecule has 0 saturated heterocycles. The SMILES string of the molecule is O=C(/C=C/c1ccc(F)cc1)Nc1ccc(Sc2ccc([N+](=O)[O-])cc2)cc1. The van der Waals surface area contributed by atoms with Crippen LogP contribution in [-0.2, 0) is 4.79 Å². The Labute approximate surface area is 165 Å². The van der Waals surface area contributed by atoms with Crippen molar-refractivity contribution in [3.63, 3.8) is 0 Å². The van der Waals surface area contributed by atoms with E-state index in [2.05, 4.69) is 5.32 Å². The first-order valence-corrected chi connectivity index (χ1v) is 9.08. The van der Waals surface area contributed by atoms with Crippen molar-refractivity contribution in [3.8, 4) is 0 Å². The molecule has 0 bridgehead atoms.